The number of hydrogen-bond acceptors (Lipinski definition) is 5. The molecule has 0 saturated carbocycles. The van der Waals surface area contributed by atoms with E-state index in [-0.39, 0.29) is 13.2 Å². The van der Waals surface area contributed by atoms with Gasteiger partial charge in [0.15, 0.2) is 0 Å². The van der Waals surface area contributed by atoms with Gasteiger partial charge in [0.2, 0.25) is 0 Å². The van der Waals surface area contributed by atoms with Gasteiger partial charge in [0.25, 0.3) is 0 Å². The van der Waals surface area contributed by atoms with E-state index in [0.29, 0.717) is 5.56 Å². The van der Waals surface area contributed by atoms with Crippen molar-refractivity contribution >= 4 is 27.9 Å². The molecule has 0 amide bonds. The molecule has 0 spiro atoms. The summed E-state index contributed by atoms with van der Waals surface area (Å²) in [6, 6.07) is 7.16. The Bertz CT molecular complexity index is 493. The zero-order valence-corrected chi connectivity index (χ0v) is 14.0. The number of halogens is 1. The number of hydrogen-bond donors (Lipinski definition) is 1. The van der Waals surface area contributed by atoms with Crippen molar-refractivity contribution in [1.29, 1.82) is 0 Å². The molecule has 0 fully saturated rings. The molecule has 1 aromatic rings. The van der Waals surface area contributed by atoms with Crippen LogP contribution in [0.3, 0.4) is 0 Å². The third-order valence-corrected chi connectivity index (χ3v) is 3.11. The number of esters is 2. The molecule has 1 unspecified atom stereocenters. The Morgan fingerprint density at radius 1 is 1.24 bits per heavy atom. The van der Waals surface area contributed by atoms with Crippen LogP contribution >= 0.6 is 15.9 Å². The van der Waals surface area contributed by atoms with Gasteiger partial charge in [0.05, 0.1) is 12.3 Å². The fourth-order valence-corrected chi connectivity index (χ4v) is 1.99. The van der Waals surface area contributed by atoms with Gasteiger partial charge in [0, 0.05) is 4.47 Å². The number of rotatable bonds is 5. The minimum Gasteiger partial charge on any atom is -0.459 e. The van der Waals surface area contributed by atoms with Crippen molar-refractivity contribution in [2.45, 2.75) is 38.7 Å². The van der Waals surface area contributed by atoms with Crippen LogP contribution in [0.4, 0.5) is 0 Å². The number of nitrogens with two attached hydrogens (primary N) is 1. The van der Waals surface area contributed by atoms with Crippen LogP contribution < -0.4 is 5.73 Å². The number of benzene rings is 1. The number of carbonyl (C=O) groups excluding carboxylic acids is 2. The Kier molecular flexibility index (Phi) is 6.36. The van der Waals surface area contributed by atoms with Gasteiger partial charge >= 0.3 is 11.9 Å². The van der Waals surface area contributed by atoms with E-state index in [1.165, 1.54) is 0 Å². The van der Waals surface area contributed by atoms with E-state index in [4.69, 9.17) is 15.2 Å². The standard InChI is InChI=1S/C15H20BrNO4/c1-15(2,3)21-14(19)12(8-13(18)20-9-17)10-4-6-11(16)7-5-10/h4-7,12H,8-9,17H2,1-3H3. The normalized spacial score (nSPS) is 12.6. The fourth-order valence-electron chi connectivity index (χ4n) is 1.72. The maximum Gasteiger partial charge on any atom is 0.314 e. The molecule has 2 N–H and O–H groups in total. The van der Waals surface area contributed by atoms with E-state index in [0.717, 1.165) is 4.47 Å². The lowest BCUT2D eigenvalue weighted by molar-refractivity contribution is -0.160. The summed E-state index contributed by atoms with van der Waals surface area (Å²) in [7, 11) is 0. The van der Waals surface area contributed by atoms with Gasteiger partial charge in [0.1, 0.15) is 12.3 Å². The zero-order chi connectivity index (χ0) is 16.0. The van der Waals surface area contributed by atoms with Gasteiger partial charge in [-0.3, -0.25) is 15.3 Å². The molecule has 0 bridgehead atoms. The summed E-state index contributed by atoms with van der Waals surface area (Å²) in [4.78, 5) is 24.0. The molecule has 0 saturated heterocycles. The first-order valence-corrected chi connectivity index (χ1v) is 7.36. The molecule has 5 nitrogen and oxygen atoms in total. The van der Waals surface area contributed by atoms with Crippen molar-refractivity contribution in [3.05, 3.63) is 34.3 Å². The van der Waals surface area contributed by atoms with E-state index in [2.05, 4.69) is 15.9 Å². The van der Waals surface area contributed by atoms with Crippen LogP contribution in [0, 0.1) is 0 Å². The first-order valence-electron chi connectivity index (χ1n) is 6.57. The maximum absolute atomic E-state index is 12.3. The highest BCUT2D eigenvalue weighted by Gasteiger charge is 2.29. The highest BCUT2D eigenvalue weighted by Crippen LogP contribution is 2.26. The van der Waals surface area contributed by atoms with Crippen molar-refractivity contribution in [3.8, 4) is 0 Å². The lowest BCUT2D eigenvalue weighted by atomic mass is 9.95. The molecule has 1 rings (SSSR count). The molecular weight excluding hydrogens is 338 g/mol. The van der Waals surface area contributed by atoms with E-state index in [9.17, 15) is 9.59 Å². The quantitative estimate of drug-likeness (QED) is 0.647. The summed E-state index contributed by atoms with van der Waals surface area (Å²) in [6.07, 6.45) is -0.103. The molecule has 0 aliphatic carbocycles. The third kappa shape index (κ3) is 6.27. The van der Waals surface area contributed by atoms with Gasteiger partial charge in [-0.1, -0.05) is 28.1 Å². The van der Waals surface area contributed by atoms with Crippen LogP contribution in [-0.2, 0) is 19.1 Å². The van der Waals surface area contributed by atoms with E-state index < -0.39 is 23.5 Å². The Hall–Kier alpha value is -1.40. The third-order valence-electron chi connectivity index (χ3n) is 2.58. The highest BCUT2D eigenvalue weighted by molar-refractivity contribution is 9.10. The molecule has 6 heteroatoms. The lowest BCUT2D eigenvalue weighted by Gasteiger charge is -2.24. The van der Waals surface area contributed by atoms with E-state index in [1.807, 2.05) is 0 Å². The predicted molar refractivity (Wildman–Crippen MR) is 82.5 cm³/mol. The van der Waals surface area contributed by atoms with Crippen molar-refractivity contribution in [1.82, 2.24) is 0 Å². The summed E-state index contributed by atoms with van der Waals surface area (Å²) in [5.74, 6) is -1.70. The predicted octanol–water partition coefficient (Wildman–Crippen LogP) is 2.72. The largest absolute Gasteiger partial charge is 0.459 e. The second-order valence-corrected chi connectivity index (χ2v) is 6.44. The Balaban J connectivity index is 2.96. The molecule has 0 aliphatic heterocycles. The van der Waals surface area contributed by atoms with Crippen LogP contribution in [0.2, 0.25) is 0 Å². The Labute approximate surface area is 132 Å². The summed E-state index contributed by atoms with van der Waals surface area (Å²) < 4.78 is 11.0. The van der Waals surface area contributed by atoms with Crippen LogP contribution in [0.5, 0.6) is 0 Å². The molecule has 1 atom stereocenters. The average Bonchev–Trinajstić information content (AvgIpc) is 2.35. The second-order valence-electron chi connectivity index (χ2n) is 5.52. The minimum atomic E-state index is -0.712. The highest BCUT2D eigenvalue weighted by atomic mass is 79.9. The van der Waals surface area contributed by atoms with E-state index >= 15 is 0 Å². The SMILES string of the molecule is CC(C)(C)OC(=O)C(CC(=O)OCN)c1ccc(Br)cc1. The fraction of sp³-hybridized carbons (Fsp3) is 0.467. The van der Waals surface area contributed by atoms with Gasteiger partial charge in [-0.25, -0.2) is 0 Å². The van der Waals surface area contributed by atoms with Crippen molar-refractivity contribution in [2.24, 2.45) is 5.73 Å². The smallest absolute Gasteiger partial charge is 0.314 e. The number of ether oxygens (including phenoxy) is 2. The topological polar surface area (TPSA) is 78.6 Å². The van der Waals surface area contributed by atoms with Gasteiger partial charge in [-0.05, 0) is 38.5 Å². The van der Waals surface area contributed by atoms with Crippen LogP contribution in [0.15, 0.2) is 28.7 Å². The summed E-state index contributed by atoms with van der Waals surface area (Å²) in [5, 5.41) is 0. The average molecular weight is 358 g/mol. The second kappa shape index (κ2) is 7.56. The van der Waals surface area contributed by atoms with Crippen molar-refractivity contribution in [3.63, 3.8) is 0 Å². The number of carbonyl (C=O) groups is 2. The van der Waals surface area contributed by atoms with Crippen molar-refractivity contribution in [2.75, 3.05) is 6.73 Å². The first-order chi connectivity index (χ1) is 9.73. The molecule has 0 aliphatic rings. The van der Waals surface area contributed by atoms with Gasteiger partial charge < -0.3 is 9.47 Å². The summed E-state index contributed by atoms with van der Waals surface area (Å²) >= 11 is 3.33. The zero-order valence-electron chi connectivity index (χ0n) is 12.4. The van der Waals surface area contributed by atoms with Crippen LogP contribution in [0.1, 0.15) is 38.7 Å². The lowest BCUT2D eigenvalue weighted by Crippen LogP contribution is -2.29. The summed E-state index contributed by atoms with van der Waals surface area (Å²) in [5.41, 5.74) is 5.25. The monoisotopic (exact) mass is 357 g/mol. The van der Waals surface area contributed by atoms with E-state index in [1.54, 1.807) is 45.0 Å². The van der Waals surface area contributed by atoms with Crippen LogP contribution in [-0.4, -0.2) is 24.3 Å². The van der Waals surface area contributed by atoms with Gasteiger partial charge in [-0.15, -0.1) is 0 Å². The molecule has 21 heavy (non-hydrogen) atoms. The van der Waals surface area contributed by atoms with Crippen molar-refractivity contribution < 1.29 is 19.1 Å². The molecule has 1 aromatic carbocycles. The molecule has 0 aromatic heterocycles. The maximum atomic E-state index is 12.3. The molecule has 0 radical (unpaired) electrons. The Morgan fingerprint density at radius 3 is 2.29 bits per heavy atom. The minimum absolute atomic E-state index is 0.103. The summed E-state index contributed by atoms with van der Waals surface area (Å²) in [6.45, 7) is 5.13. The molecule has 0 heterocycles. The molecular formula is C15H20BrNO4. The Morgan fingerprint density at radius 2 is 1.81 bits per heavy atom. The first kappa shape index (κ1) is 17.7. The van der Waals surface area contributed by atoms with Gasteiger partial charge in [-0.2, -0.15) is 0 Å². The van der Waals surface area contributed by atoms with Crippen LogP contribution in [0.25, 0.3) is 0 Å². The molecule has 116 valence electrons.